The van der Waals surface area contributed by atoms with Crippen LogP contribution < -0.4 is 5.73 Å². The molecule has 2 atom stereocenters. The van der Waals surface area contributed by atoms with E-state index in [1.165, 1.54) is 11.0 Å². The van der Waals surface area contributed by atoms with Crippen LogP contribution in [0.1, 0.15) is 56.8 Å². The van der Waals surface area contributed by atoms with E-state index in [0.29, 0.717) is 46.4 Å². The molecule has 1 aliphatic carbocycles. The minimum atomic E-state index is -1.15. The summed E-state index contributed by atoms with van der Waals surface area (Å²) in [6, 6.07) is 11.1. The number of amides is 2. The first-order chi connectivity index (χ1) is 15.8. The van der Waals surface area contributed by atoms with Gasteiger partial charge in [0.05, 0.1) is 18.2 Å². The van der Waals surface area contributed by atoms with Gasteiger partial charge in [-0.05, 0) is 66.3 Å². The SMILES string of the molecule is Cc1ncccc1C(=O)N([C@@H]1CCc2c(F)cc(Cl)cc21)[C@@H](C(N)=O)c1cccc(CO)c1. The molecule has 1 heterocycles. The molecule has 2 aromatic carbocycles. The number of nitrogens with zero attached hydrogens (tertiary/aromatic N) is 2. The Labute approximate surface area is 195 Å². The van der Waals surface area contributed by atoms with Crippen molar-refractivity contribution >= 4 is 23.4 Å². The lowest BCUT2D eigenvalue weighted by atomic mass is 9.96. The number of hydrogen-bond donors (Lipinski definition) is 2. The highest BCUT2D eigenvalue weighted by Crippen LogP contribution is 2.43. The Balaban J connectivity index is 1.91. The van der Waals surface area contributed by atoms with Crippen LogP contribution in [0.5, 0.6) is 0 Å². The number of aromatic nitrogens is 1. The number of pyridine rings is 1. The highest BCUT2D eigenvalue weighted by Gasteiger charge is 2.40. The van der Waals surface area contributed by atoms with Gasteiger partial charge in [-0.1, -0.05) is 35.9 Å². The van der Waals surface area contributed by atoms with Gasteiger partial charge in [-0.15, -0.1) is 0 Å². The maximum Gasteiger partial charge on any atom is 0.257 e. The van der Waals surface area contributed by atoms with Crippen LogP contribution in [0.15, 0.2) is 54.7 Å². The number of carbonyl (C=O) groups excluding carboxylic acids is 2. The second-order valence-corrected chi connectivity index (χ2v) is 8.50. The molecular weight excluding hydrogens is 445 g/mol. The summed E-state index contributed by atoms with van der Waals surface area (Å²) in [5, 5.41) is 9.80. The van der Waals surface area contributed by atoms with E-state index >= 15 is 0 Å². The molecule has 170 valence electrons. The maximum atomic E-state index is 14.6. The first kappa shape index (κ1) is 22.9. The number of primary amides is 1. The number of aryl methyl sites for hydroxylation is 1. The summed E-state index contributed by atoms with van der Waals surface area (Å²) in [6.45, 7) is 1.47. The molecule has 0 radical (unpaired) electrons. The molecule has 6 nitrogen and oxygen atoms in total. The maximum absolute atomic E-state index is 14.6. The summed E-state index contributed by atoms with van der Waals surface area (Å²) >= 11 is 6.15. The van der Waals surface area contributed by atoms with Crippen molar-refractivity contribution in [3.8, 4) is 0 Å². The molecule has 33 heavy (non-hydrogen) atoms. The molecule has 1 aliphatic rings. The predicted molar refractivity (Wildman–Crippen MR) is 122 cm³/mol. The lowest BCUT2D eigenvalue weighted by molar-refractivity contribution is -0.123. The summed E-state index contributed by atoms with van der Waals surface area (Å²) < 4.78 is 14.6. The number of hydrogen-bond acceptors (Lipinski definition) is 4. The lowest BCUT2D eigenvalue weighted by Crippen LogP contribution is -2.43. The fourth-order valence-corrected chi connectivity index (χ4v) is 4.73. The normalized spacial score (nSPS) is 15.7. The lowest BCUT2D eigenvalue weighted by Gasteiger charge is -2.36. The fourth-order valence-electron chi connectivity index (χ4n) is 4.52. The third-order valence-electron chi connectivity index (χ3n) is 6.03. The van der Waals surface area contributed by atoms with Gasteiger partial charge in [-0.3, -0.25) is 14.6 Å². The number of carbonyl (C=O) groups is 2. The Morgan fingerprint density at radius 2 is 2.06 bits per heavy atom. The van der Waals surface area contributed by atoms with Crippen molar-refractivity contribution in [1.29, 1.82) is 0 Å². The minimum absolute atomic E-state index is 0.209. The van der Waals surface area contributed by atoms with E-state index in [9.17, 15) is 19.1 Å². The average molecular weight is 468 g/mol. The Hall–Kier alpha value is -3.29. The highest BCUT2D eigenvalue weighted by molar-refractivity contribution is 6.30. The molecule has 3 N–H and O–H groups in total. The van der Waals surface area contributed by atoms with Crippen LogP contribution in [-0.4, -0.2) is 26.8 Å². The molecule has 1 aromatic heterocycles. The van der Waals surface area contributed by atoms with Crippen molar-refractivity contribution in [3.63, 3.8) is 0 Å². The molecule has 0 spiro atoms. The minimum Gasteiger partial charge on any atom is -0.392 e. The van der Waals surface area contributed by atoms with Crippen molar-refractivity contribution in [2.45, 2.75) is 38.5 Å². The van der Waals surface area contributed by atoms with Crippen LogP contribution in [-0.2, 0) is 17.8 Å². The third-order valence-corrected chi connectivity index (χ3v) is 6.24. The van der Waals surface area contributed by atoms with Crippen molar-refractivity contribution in [3.05, 3.63) is 99.1 Å². The number of benzene rings is 2. The zero-order valence-corrected chi connectivity index (χ0v) is 18.7. The molecule has 0 saturated carbocycles. The van der Waals surface area contributed by atoms with E-state index in [4.69, 9.17) is 17.3 Å². The highest BCUT2D eigenvalue weighted by atomic mass is 35.5. The summed E-state index contributed by atoms with van der Waals surface area (Å²) in [5.74, 6) is -1.63. The van der Waals surface area contributed by atoms with Crippen LogP contribution in [0.25, 0.3) is 0 Å². The first-order valence-electron chi connectivity index (χ1n) is 10.5. The Kier molecular flexibility index (Phi) is 6.44. The van der Waals surface area contributed by atoms with Gasteiger partial charge in [0, 0.05) is 16.9 Å². The molecule has 0 unspecified atom stereocenters. The number of fused-ring (bicyclic) bond motifs is 1. The fraction of sp³-hybridized carbons (Fsp3) is 0.240. The van der Waals surface area contributed by atoms with Crippen LogP contribution in [0.2, 0.25) is 5.02 Å². The van der Waals surface area contributed by atoms with E-state index in [-0.39, 0.29) is 11.6 Å². The van der Waals surface area contributed by atoms with Crippen molar-refractivity contribution in [2.24, 2.45) is 5.73 Å². The number of nitrogens with two attached hydrogens (primary N) is 1. The molecule has 0 saturated heterocycles. The molecule has 4 rings (SSSR count). The summed E-state index contributed by atoms with van der Waals surface area (Å²) in [4.78, 5) is 32.3. The van der Waals surface area contributed by atoms with Gasteiger partial charge < -0.3 is 15.7 Å². The average Bonchev–Trinajstić information content (AvgIpc) is 3.20. The topological polar surface area (TPSA) is 96.5 Å². The van der Waals surface area contributed by atoms with Gasteiger partial charge in [-0.25, -0.2) is 4.39 Å². The third kappa shape index (κ3) is 4.34. The van der Waals surface area contributed by atoms with Crippen molar-refractivity contribution in [2.75, 3.05) is 0 Å². The predicted octanol–water partition coefficient (Wildman–Crippen LogP) is 4.03. The molecule has 0 aliphatic heterocycles. The van der Waals surface area contributed by atoms with Gasteiger partial charge in [0.1, 0.15) is 11.9 Å². The smallest absolute Gasteiger partial charge is 0.257 e. The largest absolute Gasteiger partial charge is 0.392 e. The molecular formula is C25H23ClFN3O3. The van der Waals surface area contributed by atoms with E-state index in [0.717, 1.165) is 0 Å². The second-order valence-electron chi connectivity index (χ2n) is 8.07. The molecule has 0 fully saturated rings. The van der Waals surface area contributed by atoms with Crippen molar-refractivity contribution < 1.29 is 19.1 Å². The monoisotopic (exact) mass is 467 g/mol. The quantitative estimate of drug-likeness (QED) is 0.572. The zero-order chi connectivity index (χ0) is 23.7. The van der Waals surface area contributed by atoms with E-state index < -0.39 is 29.7 Å². The van der Waals surface area contributed by atoms with Crippen LogP contribution >= 0.6 is 11.6 Å². The summed E-state index contributed by atoms with van der Waals surface area (Å²) in [6.07, 6.45) is 2.37. The number of aliphatic hydroxyl groups excluding tert-OH is 1. The van der Waals surface area contributed by atoms with Gasteiger partial charge in [0.25, 0.3) is 5.91 Å². The van der Waals surface area contributed by atoms with E-state index in [1.54, 1.807) is 55.6 Å². The van der Waals surface area contributed by atoms with Gasteiger partial charge in [0.2, 0.25) is 5.91 Å². The Morgan fingerprint density at radius 1 is 1.27 bits per heavy atom. The summed E-state index contributed by atoms with van der Waals surface area (Å²) in [7, 11) is 0. The Morgan fingerprint density at radius 3 is 2.76 bits per heavy atom. The number of aliphatic hydroxyl groups is 1. The van der Waals surface area contributed by atoms with Crippen LogP contribution in [0, 0.1) is 12.7 Å². The molecule has 0 bridgehead atoms. The van der Waals surface area contributed by atoms with Crippen LogP contribution in [0.3, 0.4) is 0 Å². The first-order valence-corrected chi connectivity index (χ1v) is 10.9. The standard InChI is InChI=1S/C25H23ClFN3O3/c1-14-18(6-3-9-29-14)25(33)30(22-8-7-19-20(22)11-17(26)12-21(19)27)23(24(28)32)16-5-2-4-15(10-16)13-31/h2-6,9-12,22-23,31H,7-8,13H2,1H3,(H2,28,32)/t22-,23-/m1/s1. The number of halogens is 2. The van der Waals surface area contributed by atoms with Crippen LogP contribution in [0.4, 0.5) is 4.39 Å². The molecule has 2 amide bonds. The van der Waals surface area contributed by atoms with Gasteiger partial charge in [0.15, 0.2) is 0 Å². The van der Waals surface area contributed by atoms with E-state index in [1.807, 2.05) is 0 Å². The Bertz CT molecular complexity index is 1230. The number of rotatable bonds is 6. The van der Waals surface area contributed by atoms with Gasteiger partial charge >= 0.3 is 0 Å². The second kappa shape index (κ2) is 9.29. The van der Waals surface area contributed by atoms with E-state index in [2.05, 4.69) is 4.98 Å². The van der Waals surface area contributed by atoms with Gasteiger partial charge in [-0.2, -0.15) is 0 Å². The zero-order valence-electron chi connectivity index (χ0n) is 18.0. The van der Waals surface area contributed by atoms with Crippen molar-refractivity contribution in [1.82, 2.24) is 9.88 Å². The molecule has 8 heteroatoms. The molecule has 3 aromatic rings. The summed E-state index contributed by atoms with van der Waals surface area (Å²) in [5.41, 5.74) is 8.72.